The van der Waals surface area contributed by atoms with E-state index in [2.05, 4.69) is 5.16 Å². The molecule has 1 N–H and O–H groups in total. The van der Waals surface area contributed by atoms with Gasteiger partial charge < -0.3 is 14.7 Å². The fraction of sp³-hybridized carbons (Fsp3) is 0.500. The normalized spacial score (nSPS) is 12.5. The zero-order valence-corrected chi connectivity index (χ0v) is 13.5. The number of ether oxygens (including phenoxy) is 2. The van der Waals surface area contributed by atoms with Crippen LogP contribution >= 0.6 is 0 Å². The van der Waals surface area contributed by atoms with E-state index in [4.69, 9.17) is 14.7 Å². The van der Waals surface area contributed by atoms with Gasteiger partial charge in [-0.25, -0.2) is 8.42 Å². The molecule has 0 saturated carbocycles. The Balaban J connectivity index is 2.81. The van der Waals surface area contributed by atoms with Crippen LogP contribution in [-0.4, -0.2) is 44.1 Å². The van der Waals surface area contributed by atoms with Crippen LogP contribution in [0.2, 0.25) is 0 Å². The van der Waals surface area contributed by atoms with Crippen molar-refractivity contribution in [2.24, 2.45) is 5.16 Å². The SMILES string of the molecule is COc1cc(/C(C)=N/O)ccc1OCCS(=O)(=O)C(C)C. The summed E-state index contributed by atoms with van der Waals surface area (Å²) < 4.78 is 34.1. The van der Waals surface area contributed by atoms with E-state index in [1.54, 1.807) is 39.0 Å². The minimum atomic E-state index is -3.13. The molecule has 0 aliphatic rings. The van der Waals surface area contributed by atoms with E-state index in [1.807, 2.05) is 0 Å². The first-order valence-corrected chi connectivity index (χ1v) is 8.24. The Bertz CT molecular complexity index is 608. The van der Waals surface area contributed by atoms with Crippen molar-refractivity contribution in [3.8, 4) is 11.5 Å². The van der Waals surface area contributed by atoms with Gasteiger partial charge in [0.05, 0.1) is 23.8 Å². The molecule has 0 saturated heterocycles. The maximum Gasteiger partial charge on any atom is 0.161 e. The van der Waals surface area contributed by atoms with Gasteiger partial charge in [-0.15, -0.1) is 0 Å². The second kappa shape index (κ2) is 7.31. The van der Waals surface area contributed by atoms with Crippen LogP contribution in [0.4, 0.5) is 0 Å². The van der Waals surface area contributed by atoms with E-state index < -0.39 is 15.1 Å². The Labute approximate surface area is 125 Å². The first-order valence-electron chi connectivity index (χ1n) is 6.53. The molecule has 6 nitrogen and oxygen atoms in total. The predicted molar refractivity (Wildman–Crippen MR) is 81.4 cm³/mol. The van der Waals surface area contributed by atoms with Gasteiger partial charge in [0.1, 0.15) is 6.61 Å². The van der Waals surface area contributed by atoms with Crippen molar-refractivity contribution in [1.29, 1.82) is 0 Å². The fourth-order valence-corrected chi connectivity index (χ4v) is 2.36. The van der Waals surface area contributed by atoms with Crippen LogP contribution < -0.4 is 9.47 Å². The lowest BCUT2D eigenvalue weighted by Gasteiger charge is -2.13. The van der Waals surface area contributed by atoms with E-state index in [9.17, 15) is 8.42 Å². The van der Waals surface area contributed by atoms with Crippen molar-refractivity contribution in [3.63, 3.8) is 0 Å². The van der Waals surface area contributed by atoms with Gasteiger partial charge in [0.15, 0.2) is 21.3 Å². The number of nitrogens with zero attached hydrogens (tertiary/aromatic N) is 1. The maximum absolute atomic E-state index is 11.7. The van der Waals surface area contributed by atoms with Crippen molar-refractivity contribution in [2.45, 2.75) is 26.0 Å². The van der Waals surface area contributed by atoms with Crippen LogP contribution in [0.3, 0.4) is 0 Å². The second-order valence-electron chi connectivity index (χ2n) is 4.82. The molecule has 1 aromatic rings. The standard InChI is InChI=1S/C14H21NO5S/c1-10(2)21(17,18)8-7-20-13-6-5-12(11(3)15-16)9-14(13)19-4/h5-6,9-10,16H,7-8H2,1-4H3/b15-11+. The van der Waals surface area contributed by atoms with Gasteiger partial charge in [-0.3, -0.25) is 0 Å². The lowest BCUT2D eigenvalue weighted by molar-refractivity contribution is 0.311. The molecule has 118 valence electrons. The van der Waals surface area contributed by atoms with E-state index in [1.165, 1.54) is 7.11 Å². The highest BCUT2D eigenvalue weighted by Gasteiger charge is 2.16. The summed E-state index contributed by atoms with van der Waals surface area (Å²) in [6, 6.07) is 5.04. The Morgan fingerprint density at radius 3 is 2.52 bits per heavy atom. The highest BCUT2D eigenvalue weighted by Crippen LogP contribution is 2.28. The van der Waals surface area contributed by atoms with E-state index in [0.717, 1.165) is 0 Å². The summed E-state index contributed by atoms with van der Waals surface area (Å²) in [5.41, 5.74) is 1.14. The molecule has 7 heteroatoms. The molecule has 0 spiro atoms. The summed E-state index contributed by atoms with van der Waals surface area (Å²) in [7, 11) is -1.64. The minimum absolute atomic E-state index is 0.0489. The van der Waals surface area contributed by atoms with E-state index in [0.29, 0.717) is 22.8 Å². The van der Waals surface area contributed by atoms with Crippen LogP contribution in [0.1, 0.15) is 26.3 Å². The van der Waals surface area contributed by atoms with Gasteiger partial charge in [0.25, 0.3) is 0 Å². The molecule has 0 heterocycles. The predicted octanol–water partition coefficient (Wildman–Crippen LogP) is 2.10. The van der Waals surface area contributed by atoms with Gasteiger partial charge in [-0.05, 0) is 39.0 Å². The lowest BCUT2D eigenvalue weighted by Crippen LogP contribution is -2.22. The average Bonchev–Trinajstić information content (AvgIpc) is 2.46. The summed E-state index contributed by atoms with van der Waals surface area (Å²) in [4.78, 5) is 0. The molecule has 0 atom stereocenters. The third-order valence-electron chi connectivity index (χ3n) is 3.08. The molecule has 0 unspecified atom stereocenters. The van der Waals surface area contributed by atoms with Crippen LogP contribution in [0.25, 0.3) is 0 Å². The molecule has 0 aliphatic carbocycles. The van der Waals surface area contributed by atoms with Crippen molar-refractivity contribution < 1.29 is 23.1 Å². The number of hydrogen-bond acceptors (Lipinski definition) is 6. The van der Waals surface area contributed by atoms with Crippen molar-refractivity contribution in [3.05, 3.63) is 23.8 Å². The number of hydrogen-bond donors (Lipinski definition) is 1. The maximum atomic E-state index is 11.7. The molecule has 0 aliphatic heterocycles. The molecule has 0 radical (unpaired) electrons. The molecular formula is C14H21NO5S. The molecule has 0 amide bonds. The van der Waals surface area contributed by atoms with Crippen molar-refractivity contribution in [2.75, 3.05) is 19.5 Å². The summed E-state index contributed by atoms with van der Waals surface area (Å²) in [6.45, 7) is 5.00. The zero-order valence-electron chi connectivity index (χ0n) is 12.7. The first-order chi connectivity index (χ1) is 9.81. The minimum Gasteiger partial charge on any atom is -0.493 e. The Hall–Kier alpha value is -1.76. The van der Waals surface area contributed by atoms with Crippen LogP contribution in [-0.2, 0) is 9.84 Å². The summed E-state index contributed by atoms with van der Waals surface area (Å²) in [5, 5.41) is 11.4. The van der Waals surface area contributed by atoms with Crippen molar-refractivity contribution >= 4 is 15.5 Å². The Kier molecular flexibility index (Phi) is 6.02. The highest BCUT2D eigenvalue weighted by molar-refractivity contribution is 7.91. The largest absolute Gasteiger partial charge is 0.493 e. The molecule has 0 fully saturated rings. The van der Waals surface area contributed by atoms with E-state index in [-0.39, 0.29) is 12.4 Å². The summed E-state index contributed by atoms with van der Waals surface area (Å²) >= 11 is 0. The first kappa shape index (κ1) is 17.3. The van der Waals surface area contributed by atoms with Crippen LogP contribution in [0.5, 0.6) is 11.5 Å². The molecule has 0 bridgehead atoms. The van der Waals surface area contributed by atoms with Gasteiger partial charge >= 0.3 is 0 Å². The molecule has 21 heavy (non-hydrogen) atoms. The van der Waals surface area contributed by atoms with Crippen LogP contribution in [0, 0.1) is 0 Å². The van der Waals surface area contributed by atoms with Crippen LogP contribution in [0.15, 0.2) is 23.4 Å². The molecule has 1 rings (SSSR count). The monoisotopic (exact) mass is 315 g/mol. The average molecular weight is 315 g/mol. The quantitative estimate of drug-likeness (QED) is 0.473. The van der Waals surface area contributed by atoms with Gasteiger partial charge in [-0.1, -0.05) is 5.16 Å². The highest BCUT2D eigenvalue weighted by atomic mass is 32.2. The zero-order chi connectivity index (χ0) is 16.0. The third kappa shape index (κ3) is 4.63. The van der Waals surface area contributed by atoms with E-state index >= 15 is 0 Å². The van der Waals surface area contributed by atoms with Gasteiger partial charge in [0.2, 0.25) is 0 Å². The topological polar surface area (TPSA) is 85.2 Å². The second-order valence-corrected chi connectivity index (χ2v) is 7.49. The fourth-order valence-electron chi connectivity index (χ4n) is 1.57. The molecule has 1 aromatic carbocycles. The number of oxime groups is 1. The Morgan fingerprint density at radius 2 is 2.00 bits per heavy atom. The smallest absolute Gasteiger partial charge is 0.161 e. The number of sulfone groups is 1. The number of benzene rings is 1. The number of methoxy groups -OCH3 is 1. The number of rotatable bonds is 7. The molecular weight excluding hydrogens is 294 g/mol. The summed E-state index contributed by atoms with van der Waals surface area (Å²) in [6.07, 6.45) is 0. The summed E-state index contributed by atoms with van der Waals surface area (Å²) in [5.74, 6) is 0.857. The van der Waals surface area contributed by atoms with Gasteiger partial charge in [0, 0.05) is 5.56 Å². The molecule has 0 aromatic heterocycles. The lowest BCUT2D eigenvalue weighted by atomic mass is 10.1. The Morgan fingerprint density at radius 1 is 1.33 bits per heavy atom. The third-order valence-corrected chi connectivity index (χ3v) is 5.25. The van der Waals surface area contributed by atoms with Crippen molar-refractivity contribution in [1.82, 2.24) is 0 Å². The van der Waals surface area contributed by atoms with Gasteiger partial charge in [-0.2, -0.15) is 0 Å².